The first-order valence-electron chi connectivity index (χ1n) is 6.08. The second-order valence-corrected chi connectivity index (χ2v) is 5.16. The van der Waals surface area contributed by atoms with Crippen LogP contribution in [0.5, 0.6) is 0 Å². The monoisotopic (exact) mass is 289 g/mol. The van der Waals surface area contributed by atoms with Crippen LogP contribution in [0.4, 0.5) is 13.2 Å². The molecule has 0 aliphatic carbocycles. The summed E-state index contributed by atoms with van der Waals surface area (Å²) in [6, 6.07) is 5.39. The van der Waals surface area contributed by atoms with Crippen LogP contribution in [0.3, 0.4) is 0 Å². The van der Waals surface area contributed by atoms with E-state index in [4.69, 9.17) is 4.84 Å². The van der Waals surface area contributed by atoms with Gasteiger partial charge in [0.15, 0.2) is 0 Å². The molecular weight excluding hydrogens is 271 g/mol. The van der Waals surface area contributed by atoms with Crippen LogP contribution in [0.25, 0.3) is 0 Å². The number of hydroxylamine groups is 2. The van der Waals surface area contributed by atoms with Gasteiger partial charge in [-0.3, -0.25) is 9.63 Å². The third kappa shape index (κ3) is 3.50. The number of amides is 1. The Morgan fingerprint density at radius 2 is 1.70 bits per heavy atom. The molecule has 1 amide bonds. The molecule has 1 rings (SSSR count). The lowest BCUT2D eigenvalue weighted by atomic mass is 9.85. The van der Waals surface area contributed by atoms with Crippen LogP contribution < -0.4 is 0 Å². The lowest BCUT2D eigenvalue weighted by Crippen LogP contribution is -2.48. The van der Waals surface area contributed by atoms with Gasteiger partial charge in [-0.2, -0.15) is 0 Å². The minimum Gasteiger partial charge on any atom is -0.274 e. The molecule has 0 saturated carbocycles. The van der Waals surface area contributed by atoms with Crippen molar-refractivity contribution in [2.24, 2.45) is 5.41 Å². The van der Waals surface area contributed by atoms with E-state index < -0.39 is 23.1 Å². The number of hydrogen-bond donors (Lipinski definition) is 0. The van der Waals surface area contributed by atoms with Crippen molar-refractivity contribution in [1.29, 1.82) is 0 Å². The van der Waals surface area contributed by atoms with E-state index in [0.29, 0.717) is 12.5 Å². The van der Waals surface area contributed by atoms with Crippen LogP contribution >= 0.6 is 0 Å². The van der Waals surface area contributed by atoms with E-state index in [2.05, 4.69) is 0 Å². The number of halogens is 3. The van der Waals surface area contributed by atoms with Gasteiger partial charge < -0.3 is 0 Å². The molecule has 0 N–H and O–H groups in total. The molecule has 0 aliphatic rings. The Bertz CT molecular complexity index is 466. The zero-order chi connectivity index (χ0) is 15.6. The van der Waals surface area contributed by atoms with Crippen LogP contribution in [0.2, 0.25) is 0 Å². The molecule has 1 aromatic carbocycles. The first-order chi connectivity index (χ1) is 9.09. The van der Waals surface area contributed by atoms with Gasteiger partial charge in [0.05, 0.1) is 13.7 Å². The van der Waals surface area contributed by atoms with Gasteiger partial charge in [-0.15, -0.1) is 0 Å². The largest absolute Gasteiger partial charge is 0.274 e. The quantitative estimate of drug-likeness (QED) is 0.778. The molecule has 0 aliphatic heterocycles. The molecule has 0 unspecified atom stereocenters. The van der Waals surface area contributed by atoms with E-state index in [1.807, 2.05) is 0 Å². The topological polar surface area (TPSA) is 29.5 Å². The number of nitrogens with zero attached hydrogens (tertiary/aromatic N) is 1. The fourth-order valence-electron chi connectivity index (χ4n) is 1.47. The fourth-order valence-corrected chi connectivity index (χ4v) is 1.47. The van der Waals surface area contributed by atoms with E-state index in [1.54, 1.807) is 0 Å². The first-order valence-corrected chi connectivity index (χ1v) is 6.08. The highest BCUT2D eigenvalue weighted by Gasteiger charge is 2.50. The molecular formula is C14H18F3NO2. The standard InChI is InChI=1S/C14H18F3NO2/c1-13(2,14(3,16)17)12(19)18(20-4)9-10-5-7-11(15)8-6-10/h5-8H,9H2,1-4H3. The van der Waals surface area contributed by atoms with Crippen molar-refractivity contribution in [1.82, 2.24) is 5.06 Å². The van der Waals surface area contributed by atoms with Gasteiger partial charge in [0.25, 0.3) is 11.8 Å². The maximum absolute atomic E-state index is 13.5. The third-order valence-corrected chi connectivity index (χ3v) is 3.32. The number of benzene rings is 1. The van der Waals surface area contributed by atoms with Crippen LogP contribution in [-0.4, -0.2) is 24.0 Å². The zero-order valence-corrected chi connectivity index (χ0v) is 11.9. The maximum atomic E-state index is 13.5. The first kappa shape index (κ1) is 16.5. The summed E-state index contributed by atoms with van der Waals surface area (Å²) in [7, 11) is 1.23. The predicted molar refractivity (Wildman–Crippen MR) is 68.4 cm³/mol. The maximum Gasteiger partial charge on any atom is 0.259 e. The van der Waals surface area contributed by atoms with Crippen molar-refractivity contribution < 1.29 is 22.8 Å². The number of alkyl halides is 2. The number of hydrogen-bond acceptors (Lipinski definition) is 2. The Morgan fingerprint density at radius 1 is 1.20 bits per heavy atom. The Labute approximate surface area is 116 Å². The summed E-state index contributed by atoms with van der Waals surface area (Å²) in [5.41, 5.74) is -1.32. The number of carbonyl (C=O) groups excluding carboxylic acids is 1. The molecule has 6 heteroatoms. The van der Waals surface area contributed by atoms with E-state index in [9.17, 15) is 18.0 Å². The highest BCUT2D eigenvalue weighted by Crippen LogP contribution is 2.37. The molecule has 0 aromatic heterocycles. The summed E-state index contributed by atoms with van der Waals surface area (Å²) >= 11 is 0. The highest BCUT2D eigenvalue weighted by atomic mass is 19.3. The van der Waals surface area contributed by atoms with Crippen LogP contribution in [0, 0.1) is 11.2 Å². The minimum atomic E-state index is -3.19. The van der Waals surface area contributed by atoms with Gasteiger partial charge in [0.1, 0.15) is 11.2 Å². The van der Waals surface area contributed by atoms with Gasteiger partial charge in [-0.25, -0.2) is 18.2 Å². The molecule has 0 bridgehead atoms. The molecule has 0 spiro atoms. The summed E-state index contributed by atoms with van der Waals surface area (Å²) in [5.74, 6) is -4.44. The lowest BCUT2D eigenvalue weighted by molar-refractivity contribution is -0.205. The van der Waals surface area contributed by atoms with Gasteiger partial charge in [0, 0.05) is 6.92 Å². The summed E-state index contributed by atoms with van der Waals surface area (Å²) in [4.78, 5) is 17.0. The van der Waals surface area contributed by atoms with E-state index in [-0.39, 0.29) is 6.54 Å². The molecule has 112 valence electrons. The van der Waals surface area contributed by atoms with Crippen molar-refractivity contribution in [3.05, 3.63) is 35.6 Å². The molecule has 0 saturated heterocycles. The predicted octanol–water partition coefficient (Wildman–Crippen LogP) is 3.40. The summed E-state index contributed by atoms with van der Waals surface area (Å²) in [5, 5.41) is 0.852. The Balaban J connectivity index is 2.91. The summed E-state index contributed by atoms with van der Waals surface area (Å²) < 4.78 is 39.8. The van der Waals surface area contributed by atoms with Gasteiger partial charge in [0.2, 0.25) is 0 Å². The summed E-state index contributed by atoms with van der Waals surface area (Å²) in [6.45, 7) is 2.98. The second-order valence-electron chi connectivity index (χ2n) is 5.16. The molecule has 0 radical (unpaired) electrons. The van der Waals surface area contributed by atoms with Crippen molar-refractivity contribution in [3.63, 3.8) is 0 Å². The number of rotatable bonds is 5. The Hall–Kier alpha value is -1.56. The van der Waals surface area contributed by atoms with Crippen molar-refractivity contribution >= 4 is 5.91 Å². The van der Waals surface area contributed by atoms with Crippen molar-refractivity contribution in [3.8, 4) is 0 Å². The Kier molecular flexibility index (Phi) is 4.81. The Morgan fingerprint density at radius 3 is 2.10 bits per heavy atom. The van der Waals surface area contributed by atoms with E-state index in [1.165, 1.54) is 31.4 Å². The van der Waals surface area contributed by atoms with Crippen LogP contribution in [0.1, 0.15) is 26.3 Å². The normalized spacial score (nSPS) is 12.3. The number of carbonyl (C=O) groups is 1. The fraction of sp³-hybridized carbons (Fsp3) is 0.500. The van der Waals surface area contributed by atoms with Crippen molar-refractivity contribution in [2.45, 2.75) is 33.2 Å². The molecule has 0 atom stereocenters. The molecule has 0 heterocycles. The van der Waals surface area contributed by atoms with E-state index in [0.717, 1.165) is 18.9 Å². The second kappa shape index (κ2) is 5.83. The molecule has 20 heavy (non-hydrogen) atoms. The smallest absolute Gasteiger partial charge is 0.259 e. The highest BCUT2D eigenvalue weighted by molar-refractivity contribution is 5.82. The van der Waals surface area contributed by atoms with E-state index >= 15 is 0 Å². The van der Waals surface area contributed by atoms with Gasteiger partial charge >= 0.3 is 0 Å². The van der Waals surface area contributed by atoms with Gasteiger partial charge in [-0.05, 0) is 31.5 Å². The summed E-state index contributed by atoms with van der Waals surface area (Å²) in [6.07, 6.45) is 0. The molecule has 1 aromatic rings. The molecule has 3 nitrogen and oxygen atoms in total. The minimum absolute atomic E-state index is 0.0326. The zero-order valence-electron chi connectivity index (χ0n) is 11.9. The SMILES string of the molecule is CON(Cc1ccc(F)cc1)C(=O)C(C)(C)C(C)(F)F. The average Bonchev–Trinajstić information content (AvgIpc) is 2.36. The lowest BCUT2D eigenvalue weighted by Gasteiger charge is -2.34. The van der Waals surface area contributed by atoms with Gasteiger partial charge in [-0.1, -0.05) is 12.1 Å². The average molecular weight is 289 g/mol. The third-order valence-electron chi connectivity index (χ3n) is 3.32. The van der Waals surface area contributed by atoms with Crippen LogP contribution in [0.15, 0.2) is 24.3 Å². The van der Waals surface area contributed by atoms with Crippen molar-refractivity contribution in [2.75, 3.05) is 7.11 Å². The van der Waals surface area contributed by atoms with Crippen LogP contribution in [-0.2, 0) is 16.2 Å². The molecule has 0 fully saturated rings.